The van der Waals surface area contributed by atoms with Gasteiger partial charge in [0.15, 0.2) is 5.16 Å². The largest absolute Gasteiger partial charge is 0.495 e. The van der Waals surface area contributed by atoms with Crippen molar-refractivity contribution in [2.45, 2.75) is 19.0 Å². The number of methoxy groups -OCH3 is 1. The number of imidazole rings is 1. The molecular weight excluding hydrogens is 454 g/mol. The van der Waals surface area contributed by atoms with Crippen LogP contribution in [-0.2, 0) is 4.79 Å². The highest BCUT2D eigenvalue weighted by atomic mass is 35.5. The summed E-state index contributed by atoms with van der Waals surface area (Å²) in [4.78, 5) is 17.5. The van der Waals surface area contributed by atoms with Gasteiger partial charge >= 0.3 is 0 Å². The third kappa shape index (κ3) is 5.24. The van der Waals surface area contributed by atoms with Crippen LogP contribution in [0.15, 0.2) is 78.1 Å². The fourth-order valence-electron chi connectivity index (χ4n) is 3.41. The normalized spacial score (nSPS) is 10.8. The van der Waals surface area contributed by atoms with Crippen LogP contribution in [0, 0.1) is 13.8 Å². The van der Waals surface area contributed by atoms with E-state index in [1.165, 1.54) is 11.8 Å². The second kappa shape index (κ2) is 10.1. The third-order valence-electron chi connectivity index (χ3n) is 5.37. The molecule has 0 aliphatic carbocycles. The minimum absolute atomic E-state index is 0.0859. The Labute approximate surface area is 202 Å². The van der Waals surface area contributed by atoms with Crippen molar-refractivity contribution >= 4 is 35.0 Å². The summed E-state index contributed by atoms with van der Waals surface area (Å²) in [5.41, 5.74) is 5.69. The average Bonchev–Trinajstić information content (AvgIpc) is 3.25. The van der Waals surface area contributed by atoms with Crippen molar-refractivity contribution in [1.29, 1.82) is 0 Å². The van der Waals surface area contributed by atoms with Crippen molar-refractivity contribution in [3.05, 3.63) is 89.1 Å². The molecule has 0 saturated carbocycles. The van der Waals surface area contributed by atoms with Crippen LogP contribution in [0.1, 0.15) is 11.1 Å². The average molecular weight is 478 g/mol. The first-order chi connectivity index (χ1) is 16.0. The number of nitrogens with zero attached hydrogens (tertiary/aromatic N) is 2. The van der Waals surface area contributed by atoms with Crippen LogP contribution in [0.2, 0.25) is 5.02 Å². The minimum Gasteiger partial charge on any atom is -0.495 e. The Bertz CT molecular complexity index is 1290. The Morgan fingerprint density at radius 3 is 2.61 bits per heavy atom. The summed E-state index contributed by atoms with van der Waals surface area (Å²) in [6.45, 7) is 4.03. The second-order valence-electron chi connectivity index (χ2n) is 7.55. The lowest BCUT2D eigenvalue weighted by Gasteiger charge is -2.11. The van der Waals surface area contributed by atoms with Gasteiger partial charge in [-0.05, 0) is 49.2 Å². The van der Waals surface area contributed by atoms with Gasteiger partial charge in [0.05, 0.1) is 23.6 Å². The van der Waals surface area contributed by atoms with Crippen molar-refractivity contribution in [3.8, 4) is 22.7 Å². The molecule has 1 heterocycles. The molecule has 33 heavy (non-hydrogen) atoms. The number of hydrogen-bond donors (Lipinski definition) is 1. The number of aryl methyl sites for hydroxylation is 1. The minimum atomic E-state index is -0.0859. The molecule has 4 aromatic rings. The SMILES string of the molecule is COc1ccc(-n2cc(-c3ccccc3)nc2SCC(=O)Nc2cccc(C)c2C)cc1Cl. The Hall–Kier alpha value is -3.22. The van der Waals surface area contributed by atoms with E-state index in [0.717, 1.165) is 33.8 Å². The molecule has 0 unspecified atom stereocenters. The maximum atomic E-state index is 12.7. The first-order valence-electron chi connectivity index (χ1n) is 10.4. The van der Waals surface area contributed by atoms with Crippen molar-refractivity contribution in [3.63, 3.8) is 0 Å². The van der Waals surface area contributed by atoms with Gasteiger partial charge in [-0.25, -0.2) is 4.98 Å². The topological polar surface area (TPSA) is 56.2 Å². The first kappa shape index (κ1) is 23.0. The van der Waals surface area contributed by atoms with Gasteiger partial charge in [-0.1, -0.05) is 65.8 Å². The number of halogens is 1. The predicted octanol–water partition coefficient (Wildman–Crippen LogP) is 6.55. The summed E-state index contributed by atoms with van der Waals surface area (Å²) in [7, 11) is 1.58. The van der Waals surface area contributed by atoms with Gasteiger partial charge in [-0.3, -0.25) is 9.36 Å². The number of rotatable bonds is 7. The maximum Gasteiger partial charge on any atom is 0.234 e. The van der Waals surface area contributed by atoms with E-state index in [1.54, 1.807) is 7.11 Å². The van der Waals surface area contributed by atoms with Crippen LogP contribution in [0.4, 0.5) is 5.69 Å². The van der Waals surface area contributed by atoms with E-state index < -0.39 is 0 Å². The molecule has 0 saturated heterocycles. The van der Waals surface area contributed by atoms with Gasteiger partial charge in [0.1, 0.15) is 5.75 Å². The van der Waals surface area contributed by atoms with Gasteiger partial charge in [0.2, 0.25) is 5.91 Å². The van der Waals surface area contributed by atoms with E-state index in [2.05, 4.69) is 5.32 Å². The van der Waals surface area contributed by atoms with E-state index >= 15 is 0 Å². The molecule has 0 atom stereocenters. The molecule has 168 valence electrons. The second-order valence-corrected chi connectivity index (χ2v) is 8.90. The molecule has 4 rings (SSSR count). The summed E-state index contributed by atoms with van der Waals surface area (Å²) in [5.74, 6) is 0.742. The number of carbonyl (C=O) groups is 1. The molecule has 1 amide bonds. The molecule has 3 aromatic carbocycles. The van der Waals surface area contributed by atoms with Crippen molar-refractivity contribution in [2.24, 2.45) is 0 Å². The number of hydrogen-bond acceptors (Lipinski definition) is 4. The van der Waals surface area contributed by atoms with E-state index in [9.17, 15) is 4.79 Å². The molecule has 0 radical (unpaired) electrons. The van der Waals surface area contributed by atoms with Crippen molar-refractivity contribution < 1.29 is 9.53 Å². The summed E-state index contributed by atoms with van der Waals surface area (Å²) in [6.07, 6.45) is 1.96. The maximum absolute atomic E-state index is 12.7. The van der Waals surface area contributed by atoms with Crippen molar-refractivity contribution in [2.75, 3.05) is 18.2 Å². The van der Waals surface area contributed by atoms with Crippen molar-refractivity contribution in [1.82, 2.24) is 9.55 Å². The molecule has 0 aliphatic heterocycles. The summed E-state index contributed by atoms with van der Waals surface area (Å²) in [6, 6.07) is 21.4. The van der Waals surface area contributed by atoms with E-state index in [1.807, 2.05) is 91.3 Å². The molecule has 0 bridgehead atoms. The number of amides is 1. The van der Waals surface area contributed by atoms with E-state index in [4.69, 9.17) is 21.3 Å². The molecule has 0 fully saturated rings. The van der Waals surface area contributed by atoms with Gasteiger partial charge in [-0.2, -0.15) is 0 Å². The Kier molecular flexibility index (Phi) is 7.06. The molecule has 0 aliphatic rings. The predicted molar refractivity (Wildman–Crippen MR) is 136 cm³/mol. The molecule has 5 nitrogen and oxygen atoms in total. The third-order valence-corrected chi connectivity index (χ3v) is 6.62. The number of ether oxygens (including phenoxy) is 1. The van der Waals surface area contributed by atoms with E-state index in [-0.39, 0.29) is 11.7 Å². The van der Waals surface area contributed by atoms with Gasteiger partial charge in [0, 0.05) is 23.1 Å². The lowest BCUT2D eigenvalue weighted by molar-refractivity contribution is -0.113. The van der Waals surface area contributed by atoms with Crippen LogP contribution in [0.5, 0.6) is 5.75 Å². The number of anilines is 1. The summed E-state index contributed by atoms with van der Waals surface area (Å²) >= 11 is 7.75. The van der Waals surface area contributed by atoms with Crippen LogP contribution in [-0.4, -0.2) is 28.3 Å². The number of carbonyl (C=O) groups excluding carboxylic acids is 1. The zero-order valence-corrected chi connectivity index (χ0v) is 20.2. The lowest BCUT2D eigenvalue weighted by Crippen LogP contribution is -2.15. The number of nitrogens with one attached hydrogen (secondary N) is 1. The molecular formula is C26H24ClN3O2S. The molecule has 0 spiro atoms. The monoisotopic (exact) mass is 477 g/mol. The Morgan fingerprint density at radius 2 is 1.88 bits per heavy atom. The molecule has 1 aromatic heterocycles. The molecule has 7 heteroatoms. The first-order valence-corrected chi connectivity index (χ1v) is 11.8. The van der Waals surface area contributed by atoms with Crippen LogP contribution in [0.25, 0.3) is 16.9 Å². The zero-order valence-electron chi connectivity index (χ0n) is 18.6. The highest BCUT2D eigenvalue weighted by Crippen LogP contribution is 2.31. The van der Waals surface area contributed by atoms with E-state index in [0.29, 0.717) is 15.9 Å². The van der Waals surface area contributed by atoms with Crippen LogP contribution in [0.3, 0.4) is 0 Å². The van der Waals surface area contributed by atoms with Gasteiger partial charge in [0.25, 0.3) is 0 Å². The summed E-state index contributed by atoms with van der Waals surface area (Å²) < 4.78 is 7.23. The van der Waals surface area contributed by atoms with Gasteiger partial charge < -0.3 is 10.1 Å². The van der Waals surface area contributed by atoms with Crippen LogP contribution < -0.4 is 10.1 Å². The number of aromatic nitrogens is 2. The Balaban J connectivity index is 1.61. The number of thioether (sulfide) groups is 1. The smallest absolute Gasteiger partial charge is 0.234 e. The van der Waals surface area contributed by atoms with Gasteiger partial charge in [-0.15, -0.1) is 0 Å². The molecule has 1 N–H and O–H groups in total. The Morgan fingerprint density at radius 1 is 1.09 bits per heavy atom. The number of benzene rings is 3. The lowest BCUT2D eigenvalue weighted by atomic mass is 10.1. The standard InChI is InChI=1S/C26H24ClN3O2S/c1-17-8-7-11-22(18(17)2)28-25(31)16-33-26-29-23(19-9-5-4-6-10-19)15-30(26)20-12-13-24(32-3)21(27)14-20/h4-15H,16H2,1-3H3,(H,28,31). The zero-order chi connectivity index (χ0) is 23.4. The fraction of sp³-hybridized carbons (Fsp3) is 0.154. The highest BCUT2D eigenvalue weighted by Gasteiger charge is 2.15. The summed E-state index contributed by atoms with van der Waals surface area (Å²) in [5, 5.41) is 4.22. The highest BCUT2D eigenvalue weighted by molar-refractivity contribution is 7.99. The quantitative estimate of drug-likeness (QED) is 0.307. The van der Waals surface area contributed by atoms with Crippen LogP contribution >= 0.6 is 23.4 Å². The fourth-order valence-corrected chi connectivity index (χ4v) is 4.45.